The maximum atomic E-state index is 14.5. The van der Waals surface area contributed by atoms with Crippen LogP contribution in [0.5, 0.6) is 0 Å². The van der Waals surface area contributed by atoms with Crippen molar-refractivity contribution in [1.29, 1.82) is 0 Å². The Labute approximate surface area is 279 Å². The minimum atomic E-state index is -3.11. The Morgan fingerprint density at radius 2 is 1.74 bits per heavy atom. The molecule has 47 heavy (non-hydrogen) atoms. The number of aromatic nitrogens is 2. The molecule has 9 nitrogen and oxygen atoms in total. The van der Waals surface area contributed by atoms with E-state index in [0.717, 1.165) is 49.1 Å². The Hall–Kier alpha value is -2.86. The van der Waals surface area contributed by atoms with Crippen LogP contribution in [0.4, 0.5) is 4.39 Å². The number of nitrogens with zero attached hydrogens (tertiary/aromatic N) is 6. The monoisotopic (exact) mass is 666 g/mol. The number of halogens is 1. The lowest BCUT2D eigenvalue weighted by Crippen LogP contribution is -2.62. The van der Waals surface area contributed by atoms with Crippen molar-refractivity contribution in [3.63, 3.8) is 0 Å². The van der Waals surface area contributed by atoms with E-state index in [9.17, 15) is 17.6 Å². The van der Waals surface area contributed by atoms with Crippen LogP contribution < -0.4 is 0 Å². The van der Waals surface area contributed by atoms with Gasteiger partial charge < -0.3 is 9.47 Å². The first-order chi connectivity index (χ1) is 22.2. The fourth-order valence-electron chi connectivity index (χ4n) is 8.27. The molecule has 256 valence electrons. The second-order valence-electron chi connectivity index (χ2n) is 14.9. The molecule has 0 bridgehead atoms. The Morgan fingerprint density at radius 3 is 2.36 bits per heavy atom. The van der Waals surface area contributed by atoms with Crippen molar-refractivity contribution < 1.29 is 17.6 Å². The molecule has 0 spiro atoms. The number of fused-ring (bicyclic) bond motifs is 1. The average molecular weight is 667 g/mol. The molecule has 1 saturated carbocycles. The first kappa shape index (κ1) is 34.0. The van der Waals surface area contributed by atoms with Crippen LogP contribution in [0.3, 0.4) is 0 Å². The van der Waals surface area contributed by atoms with Crippen molar-refractivity contribution in [1.82, 2.24) is 28.6 Å². The average Bonchev–Trinajstić information content (AvgIpc) is 3.34. The third kappa shape index (κ3) is 6.73. The summed E-state index contributed by atoms with van der Waals surface area (Å²) in [6, 6.07) is 5.58. The number of benzene rings is 1. The molecule has 1 aliphatic carbocycles. The predicted octanol–water partition coefficient (Wildman–Crippen LogP) is 4.81. The maximum absolute atomic E-state index is 14.5. The van der Waals surface area contributed by atoms with Gasteiger partial charge in [0, 0.05) is 82.2 Å². The summed E-state index contributed by atoms with van der Waals surface area (Å²) in [6.07, 6.45) is 10.5. The van der Waals surface area contributed by atoms with Gasteiger partial charge in [-0.3, -0.25) is 19.6 Å². The fraction of sp³-hybridized carbons (Fsp3) is 0.611. The number of carbonyl (C=O) groups excluding carboxylic acids is 1. The molecule has 0 radical (unpaired) electrons. The van der Waals surface area contributed by atoms with Crippen molar-refractivity contribution in [2.45, 2.75) is 72.0 Å². The molecule has 3 fully saturated rings. The number of amides is 1. The molecular formula is C36H51FN6O3S. The zero-order valence-electron chi connectivity index (χ0n) is 29.0. The zero-order chi connectivity index (χ0) is 33.8. The lowest BCUT2D eigenvalue weighted by atomic mass is 9.69. The molecule has 0 N–H and O–H groups in total. The molecular weight excluding hydrogens is 616 g/mol. The van der Waals surface area contributed by atoms with Gasteiger partial charge in [0.15, 0.2) is 0 Å². The summed E-state index contributed by atoms with van der Waals surface area (Å²) in [5, 5.41) is 1.16. The highest BCUT2D eigenvalue weighted by Gasteiger charge is 2.45. The largest absolute Gasteiger partial charge is 0.339 e. The van der Waals surface area contributed by atoms with Gasteiger partial charge in [0.05, 0.1) is 29.2 Å². The fourth-order valence-corrected chi connectivity index (χ4v) is 9.10. The third-order valence-corrected chi connectivity index (χ3v) is 12.3. The van der Waals surface area contributed by atoms with Crippen molar-refractivity contribution in [2.24, 2.45) is 17.8 Å². The van der Waals surface area contributed by atoms with Crippen LogP contribution in [0.1, 0.15) is 62.0 Å². The van der Waals surface area contributed by atoms with Gasteiger partial charge in [-0.2, -0.15) is 4.31 Å². The van der Waals surface area contributed by atoms with Crippen LogP contribution in [0.2, 0.25) is 0 Å². The van der Waals surface area contributed by atoms with Crippen molar-refractivity contribution in [3.8, 4) is 5.69 Å². The Kier molecular flexibility index (Phi) is 9.56. The van der Waals surface area contributed by atoms with Crippen LogP contribution in [0.15, 0.2) is 36.8 Å². The van der Waals surface area contributed by atoms with E-state index in [-0.39, 0.29) is 11.9 Å². The predicted molar refractivity (Wildman–Crippen MR) is 185 cm³/mol. The van der Waals surface area contributed by atoms with Crippen molar-refractivity contribution in [2.75, 3.05) is 52.6 Å². The zero-order valence-corrected chi connectivity index (χ0v) is 29.8. The van der Waals surface area contributed by atoms with Gasteiger partial charge in [0.1, 0.15) is 5.82 Å². The quantitative estimate of drug-likeness (QED) is 0.309. The number of rotatable bonds is 10. The summed E-state index contributed by atoms with van der Waals surface area (Å²) in [4.78, 5) is 24.8. The molecule has 0 unspecified atom stereocenters. The van der Waals surface area contributed by atoms with Crippen LogP contribution >= 0.6 is 0 Å². The van der Waals surface area contributed by atoms with Crippen LogP contribution in [-0.2, 0) is 16.4 Å². The highest BCUT2D eigenvalue weighted by molar-refractivity contribution is 7.88. The number of hydrogen-bond acceptors (Lipinski definition) is 6. The first-order valence-corrected chi connectivity index (χ1v) is 19.0. The highest BCUT2D eigenvalue weighted by atomic mass is 32.2. The van der Waals surface area contributed by atoms with E-state index in [4.69, 9.17) is 0 Å². The van der Waals surface area contributed by atoms with Gasteiger partial charge >= 0.3 is 0 Å². The van der Waals surface area contributed by atoms with Crippen LogP contribution in [0, 0.1) is 30.5 Å². The Morgan fingerprint density at radius 1 is 1.06 bits per heavy atom. The van der Waals surface area contributed by atoms with Gasteiger partial charge in [0.2, 0.25) is 10.0 Å². The number of likely N-dealkylation sites (tertiary alicyclic amines) is 1. The molecule has 2 aliphatic heterocycles. The molecule has 6 rings (SSSR count). The Balaban J connectivity index is 1.15. The number of carbonyl (C=O) groups is 1. The van der Waals surface area contributed by atoms with E-state index >= 15 is 0 Å². The van der Waals surface area contributed by atoms with Crippen molar-refractivity contribution in [3.05, 3.63) is 59.3 Å². The minimum Gasteiger partial charge on any atom is -0.339 e. The van der Waals surface area contributed by atoms with Gasteiger partial charge in [0.25, 0.3) is 5.91 Å². The lowest BCUT2D eigenvalue weighted by Gasteiger charge is -2.55. The van der Waals surface area contributed by atoms with Gasteiger partial charge in [-0.15, -0.1) is 0 Å². The summed E-state index contributed by atoms with van der Waals surface area (Å²) in [6.45, 7) is 15.7. The van der Waals surface area contributed by atoms with Gasteiger partial charge in [-0.25, -0.2) is 12.8 Å². The van der Waals surface area contributed by atoms with E-state index in [1.165, 1.54) is 36.8 Å². The Bertz CT molecular complexity index is 1720. The molecule has 1 aromatic carbocycles. The number of sulfonamides is 1. The van der Waals surface area contributed by atoms with E-state index in [1.54, 1.807) is 22.3 Å². The molecule has 2 aromatic heterocycles. The standard InChI is InChI=1S/C36H51FN6O3S/c1-23(2)35(27-15-30(16-27)40-10-12-42(13-11-40)47(7,45)46)41-20-26(21-41)14-28-22-43(33-19-38-18-25(5)34(28)33)32-9-8-29(37)17-31(32)36(44)39(6)24(3)4/h8-9,17-19,22-24,26-27,30,35H,10-16,20-21H2,1-7H3/t27-,30+,35-/m0/s1. The normalized spacial score (nSPS) is 22.5. The molecule has 3 aromatic rings. The summed E-state index contributed by atoms with van der Waals surface area (Å²) in [5.74, 6) is 1.13. The van der Waals surface area contributed by atoms with Crippen LogP contribution in [-0.4, -0.2) is 114 Å². The van der Waals surface area contributed by atoms with E-state index in [2.05, 4.69) is 41.8 Å². The summed E-state index contributed by atoms with van der Waals surface area (Å²) in [7, 11) is -1.35. The molecule has 3 aliphatic rings. The van der Waals surface area contributed by atoms with E-state index in [1.807, 2.05) is 30.8 Å². The SMILES string of the molecule is Cc1cncc2c1c(CC1CN([C@@H](C(C)C)[C@H]3C[C@@H](N4CCN(S(C)(=O)=O)CC4)C3)C1)cn2-c1ccc(F)cc1C(=O)N(C)C(C)C. The number of aryl methyl sites for hydroxylation is 1. The second-order valence-corrected chi connectivity index (χ2v) is 16.9. The van der Waals surface area contributed by atoms with E-state index in [0.29, 0.717) is 54.2 Å². The number of pyridine rings is 1. The smallest absolute Gasteiger partial charge is 0.256 e. The molecule has 1 amide bonds. The lowest BCUT2D eigenvalue weighted by molar-refractivity contribution is -0.0496. The maximum Gasteiger partial charge on any atom is 0.256 e. The topological polar surface area (TPSA) is 82.0 Å². The highest BCUT2D eigenvalue weighted by Crippen LogP contribution is 2.42. The van der Waals surface area contributed by atoms with E-state index < -0.39 is 15.8 Å². The second kappa shape index (κ2) is 13.2. The molecule has 11 heteroatoms. The first-order valence-electron chi connectivity index (χ1n) is 17.2. The summed E-state index contributed by atoms with van der Waals surface area (Å²) >= 11 is 0. The summed E-state index contributed by atoms with van der Waals surface area (Å²) in [5.41, 5.74) is 4.28. The number of piperazine rings is 1. The molecule has 2 saturated heterocycles. The summed E-state index contributed by atoms with van der Waals surface area (Å²) < 4.78 is 42.0. The van der Waals surface area contributed by atoms with Crippen molar-refractivity contribution >= 4 is 26.8 Å². The minimum absolute atomic E-state index is 0.0146. The third-order valence-electron chi connectivity index (χ3n) is 11.0. The van der Waals surface area contributed by atoms with Crippen LogP contribution in [0.25, 0.3) is 16.6 Å². The molecule has 1 atom stereocenters. The molecule has 4 heterocycles. The van der Waals surface area contributed by atoms with Gasteiger partial charge in [-0.05, 0) is 87.1 Å². The number of hydrogen-bond donors (Lipinski definition) is 0. The van der Waals surface area contributed by atoms with Gasteiger partial charge in [-0.1, -0.05) is 13.8 Å².